The molecule has 0 unspecified atom stereocenters. The van der Waals surface area contributed by atoms with Crippen molar-refractivity contribution in [3.8, 4) is 0 Å². The Bertz CT molecular complexity index is 148. The van der Waals surface area contributed by atoms with Crippen LogP contribution in [0.4, 0.5) is 0 Å². The second kappa shape index (κ2) is 6.10. The van der Waals surface area contributed by atoms with E-state index >= 15 is 0 Å². The van der Waals surface area contributed by atoms with Crippen molar-refractivity contribution < 1.29 is 9.90 Å². The molecule has 0 aromatic carbocycles. The minimum absolute atomic E-state index is 0.103. The zero-order chi connectivity index (χ0) is 8.69. The first-order valence-electron chi connectivity index (χ1n) is 3.92. The lowest BCUT2D eigenvalue weighted by molar-refractivity contribution is -0.117. The van der Waals surface area contributed by atoms with Crippen LogP contribution in [-0.2, 0) is 4.79 Å². The Morgan fingerprint density at radius 1 is 1.36 bits per heavy atom. The third-order valence-electron chi connectivity index (χ3n) is 1.54. The van der Waals surface area contributed by atoms with Gasteiger partial charge in [-0.05, 0) is 26.7 Å². The molecule has 0 radical (unpaired) electrons. The predicted octanol–water partition coefficient (Wildman–Crippen LogP) is 1.68. The minimum Gasteiger partial charge on any atom is -0.392 e. The molecule has 0 fully saturated rings. The topological polar surface area (TPSA) is 37.3 Å². The van der Waals surface area contributed by atoms with Crippen molar-refractivity contribution in [3.63, 3.8) is 0 Å². The molecular formula is C9H16O2. The maximum absolute atomic E-state index is 10.5. The molecule has 0 heterocycles. The van der Waals surface area contributed by atoms with Crippen LogP contribution < -0.4 is 0 Å². The average molecular weight is 156 g/mol. The van der Waals surface area contributed by atoms with Gasteiger partial charge < -0.3 is 9.90 Å². The molecule has 64 valence electrons. The van der Waals surface area contributed by atoms with Gasteiger partial charge in [-0.15, -0.1) is 0 Å². The fraction of sp³-hybridized carbons (Fsp3) is 0.667. The van der Waals surface area contributed by atoms with E-state index in [2.05, 4.69) is 0 Å². The Morgan fingerprint density at radius 2 is 2.00 bits per heavy atom. The van der Waals surface area contributed by atoms with Gasteiger partial charge in [-0.25, -0.2) is 0 Å². The second-order valence-corrected chi connectivity index (χ2v) is 2.79. The van der Waals surface area contributed by atoms with Crippen LogP contribution in [0.15, 0.2) is 11.6 Å². The molecule has 0 amide bonds. The first kappa shape index (κ1) is 10.4. The lowest BCUT2D eigenvalue weighted by atomic mass is 10.1. The molecule has 0 saturated heterocycles. The maximum Gasteiger partial charge on any atom is 0.129 e. The molecule has 0 aliphatic heterocycles. The molecule has 0 aromatic heterocycles. The quantitative estimate of drug-likeness (QED) is 0.615. The Kier molecular flexibility index (Phi) is 5.75. The summed E-state index contributed by atoms with van der Waals surface area (Å²) in [5.74, 6) is 0.238. The van der Waals surface area contributed by atoms with Crippen LogP contribution in [0.1, 0.15) is 33.1 Å². The molecule has 0 spiro atoms. The van der Waals surface area contributed by atoms with Crippen LogP contribution in [0.3, 0.4) is 0 Å². The number of aliphatic hydroxyl groups excluding tert-OH is 1. The molecule has 1 N–H and O–H groups in total. The molecule has 2 heteroatoms. The van der Waals surface area contributed by atoms with Crippen molar-refractivity contribution in [1.82, 2.24) is 0 Å². The highest BCUT2D eigenvalue weighted by molar-refractivity contribution is 5.75. The number of hydrogen-bond donors (Lipinski definition) is 1. The van der Waals surface area contributed by atoms with Crippen LogP contribution in [-0.4, -0.2) is 17.5 Å². The smallest absolute Gasteiger partial charge is 0.129 e. The summed E-state index contributed by atoms with van der Waals surface area (Å²) >= 11 is 0. The Morgan fingerprint density at radius 3 is 2.45 bits per heavy atom. The van der Waals surface area contributed by atoms with Gasteiger partial charge in [0.25, 0.3) is 0 Å². The summed E-state index contributed by atoms with van der Waals surface area (Å²) in [7, 11) is 0. The number of Topliss-reactive ketones (excluding diaryl/α,β-unsaturated/α-hetero) is 1. The zero-order valence-corrected chi connectivity index (χ0v) is 7.26. The van der Waals surface area contributed by atoms with Crippen LogP contribution in [0, 0.1) is 0 Å². The summed E-state index contributed by atoms with van der Waals surface area (Å²) < 4.78 is 0. The normalized spacial score (nSPS) is 11.7. The summed E-state index contributed by atoms with van der Waals surface area (Å²) in [6, 6.07) is 0. The Balaban J connectivity index is 3.38. The van der Waals surface area contributed by atoms with Gasteiger partial charge in [0.1, 0.15) is 5.78 Å². The molecule has 0 aromatic rings. The van der Waals surface area contributed by atoms with Gasteiger partial charge in [-0.3, -0.25) is 0 Å². The molecule has 0 aliphatic rings. The molecule has 11 heavy (non-hydrogen) atoms. The van der Waals surface area contributed by atoms with Crippen molar-refractivity contribution in [2.45, 2.75) is 33.1 Å². The lowest BCUT2D eigenvalue weighted by Gasteiger charge is -1.97. The molecule has 0 aliphatic carbocycles. The third-order valence-corrected chi connectivity index (χ3v) is 1.54. The summed E-state index contributed by atoms with van der Waals surface area (Å²) in [6.45, 7) is 3.67. The van der Waals surface area contributed by atoms with Crippen molar-refractivity contribution in [3.05, 3.63) is 11.6 Å². The summed E-state index contributed by atoms with van der Waals surface area (Å²) in [5.41, 5.74) is 1.16. The molecule has 0 saturated carbocycles. The van der Waals surface area contributed by atoms with Crippen LogP contribution in [0.25, 0.3) is 0 Å². The minimum atomic E-state index is 0.103. The number of carbonyl (C=O) groups excluding carboxylic acids is 1. The van der Waals surface area contributed by atoms with E-state index < -0.39 is 0 Å². The van der Waals surface area contributed by atoms with Crippen molar-refractivity contribution in [2.75, 3.05) is 6.61 Å². The van der Waals surface area contributed by atoms with Gasteiger partial charge in [0, 0.05) is 6.42 Å². The van der Waals surface area contributed by atoms with E-state index in [-0.39, 0.29) is 12.4 Å². The number of carbonyl (C=O) groups is 1. The highest BCUT2D eigenvalue weighted by Gasteiger charge is 1.93. The first-order chi connectivity index (χ1) is 5.16. The van der Waals surface area contributed by atoms with Crippen molar-refractivity contribution >= 4 is 5.78 Å². The molecule has 0 rings (SSSR count). The number of rotatable bonds is 5. The van der Waals surface area contributed by atoms with Gasteiger partial charge in [0.05, 0.1) is 6.61 Å². The van der Waals surface area contributed by atoms with Crippen LogP contribution in [0.5, 0.6) is 0 Å². The lowest BCUT2D eigenvalue weighted by Crippen LogP contribution is -1.90. The molecule has 0 bridgehead atoms. The highest BCUT2D eigenvalue weighted by atomic mass is 16.2. The number of hydrogen-bond acceptors (Lipinski definition) is 2. The van der Waals surface area contributed by atoms with E-state index in [0.29, 0.717) is 6.42 Å². The van der Waals surface area contributed by atoms with Gasteiger partial charge in [0.15, 0.2) is 0 Å². The number of aliphatic hydroxyl groups is 1. The van der Waals surface area contributed by atoms with Gasteiger partial charge >= 0.3 is 0 Å². The van der Waals surface area contributed by atoms with Gasteiger partial charge in [-0.1, -0.05) is 11.6 Å². The van der Waals surface area contributed by atoms with E-state index in [0.717, 1.165) is 18.4 Å². The second-order valence-electron chi connectivity index (χ2n) is 2.79. The summed E-state index contributed by atoms with van der Waals surface area (Å²) in [4.78, 5) is 10.5. The number of ketones is 1. The fourth-order valence-corrected chi connectivity index (χ4v) is 0.874. The average Bonchev–Trinajstić information content (AvgIpc) is 1.87. The van der Waals surface area contributed by atoms with Crippen LogP contribution >= 0.6 is 0 Å². The van der Waals surface area contributed by atoms with E-state index in [1.165, 1.54) is 0 Å². The Labute approximate surface area is 67.9 Å². The van der Waals surface area contributed by atoms with E-state index in [1.54, 1.807) is 13.0 Å². The molecule has 2 nitrogen and oxygen atoms in total. The van der Waals surface area contributed by atoms with Crippen molar-refractivity contribution in [1.29, 1.82) is 0 Å². The molecular weight excluding hydrogens is 140 g/mol. The molecule has 0 atom stereocenters. The Hall–Kier alpha value is -0.630. The fourth-order valence-electron chi connectivity index (χ4n) is 0.874. The van der Waals surface area contributed by atoms with E-state index in [9.17, 15) is 4.79 Å². The maximum atomic E-state index is 10.5. The first-order valence-corrected chi connectivity index (χ1v) is 3.92. The van der Waals surface area contributed by atoms with E-state index in [1.807, 2.05) is 6.92 Å². The zero-order valence-electron chi connectivity index (χ0n) is 7.26. The SMILES string of the molecule is CC(=O)CCC/C(C)=C/CO. The monoisotopic (exact) mass is 156 g/mol. The summed E-state index contributed by atoms with van der Waals surface area (Å²) in [5, 5.41) is 8.50. The standard InChI is InChI=1S/C9H16O2/c1-8(6-7-10)4-3-5-9(2)11/h6,10H,3-5,7H2,1-2H3/b8-6+. The summed E-state index contributed by atoms with van der Waals surface area (Å²) in [6.07, 6.45) is 4.24. The number of allylic oxidation sites excluding steroid dienone is 1. The predicted molar refractivity (Wildman–Crippen MR) is 45.4 cm³/mol. The largest absolute Gasteiger partial charge is 0.392 e. The van der Waals surface area contributed by atoms with Crippen molar-refractivity contribution in [2.24, 2.45) is 0 Å². The third kappa shape index (κ3) is 7.26. The van der Waals surface area contributed by atoms with Gasteiger partial charge in [-0.2, -0.15) is 0 Å². The highest BCUT2D eigenvalue weighted by Crippen LogP contribution is 2.05. The van der Waals surface area contributed by atoms with Crippen LogP contribution in [0.2, 0.25) is 0 Å². The van der Waals surface area contributed by atoms with E-state index in [4.69, 9.17) is 5.11 Å². The van der Waals surface area contributed by atoms with Gasteiger partial charge in [0.2, 0.25) is 0 Å².